The molecule has 0 aliphatic heterocycles. The van der Waals surface area contributed by atoms with Crippen LogP contribution < -0.4 is 9.47 Å². The van der Waals surface area contributed by atoms with Crippen LogP contribution >= 0.6 is 11.6 Å². The van der Waals surface area contributed by atoms with E-state index in [4.69, 9.17) is 21.1 Å². The van der Waals surface area contributed by atoms with E-state index in [9.17, 15) is 0 Å². The Kier molecular flexibility index (Phi) is 3.71. The van der Waals surface area contributed by atoms with Gasteiger partial charge in [0.25, 0.3) is 0 Å². The summed E-state index contributed by atoms with van der Waals surface area (Å²) in [5.74, 6) is 2.56. The van der Waals surface area contributed by atoms with Gasteiger partial charge in [-0.2, -0.15) is 0 Å². The molecule has 0 saturated heterocycles. The summed E-state index contributed by atoms with van der Waals surface area (Å²) < 4.78 is 12.7. The van der Waals surface area contributed by atoms with Gasteiger partial charge in [-0.25, -0.2) is 4.98 Å². The molecule has 0 aliphatic carbocycles. The summed E-state index contributed by atoms with van der Waals surface area (Å²) in [6.45, 7) is 0. The van der Waals surface area contributed by atoms with Gasteiger partial charge in [0.1, 0.15) is 17.3 Å². The van der Waals surface area contributed by atoms with Gasteiger partial charge in [-0.3, -0.25) is 4.57 Å². The van der Waals surface area contributed by atoms with E-state index < -0.39 is 0 Å². The van der Waals surface area contributed by atoms with Crippen LogP contribution in [0.1, 0.15) is 5.82 Å². The van der Waals surface area contributed by atoms with Crippen molar-refractivity contribution < 1.29 is 9.47 Å². The monoisotopic (exact) mass is 302 g/mol. The highest BCUT2D eigenvalue weighted by Gasteiger charge is 2.13. The second kappa shape index (κ2) is 5.66. The Hall–Kier alpha value is -2.20. The van der Waals surface area contributed by atoms with Crippen molar-refractivity contribution in [1.29, 1.82) is 0 Å². The first-order valence-electron chi connectivity index (χ1n) is 6.52. The van der Waals surface area contributed by atoms with Gasteiger partial charge >= 0.3 is 0 Å². The molecule has 3 aromatic rings. The Morgan fingerprint density at radius 1 is 1.05 bits per heavy atom. The van der Waals surface area contributed by atoms with Gasteiger partial charge in [-0.15, -0.1) is 11.6 Å². The fraction of sp³-hybridized carbons (Fsp3) is 0.188. The SMILES string of the molecule is COc1cc(OC)cc(-n2c(CCl)nc3ccccc32)c1. The van der Waals surface area contributed by atoms with Crippen LogP contribution in [0.2, 0.25) is 0 Å². The Morgan fingerprint density at radius 3 is 2.33 bits per heavy atom. The molecule has 1 heterocycles. The average molecular weight is 303 g/mol. The van der Waals surface area contributed by atoms with Gasteiger partial charge in [0.2, 0.25) is 0 Å². The summed E-state index contributed by atoms with van der Waals surface area (Å²) in [4.78, 5) is 4.57. The summed E-state index contributed by atoms with van der Waals surface area (Å²) in [5, 5.41) is 0. The van der Waals surface area contributed by atoms with Crippen LogP contribution in [0, 0.1) is 0 Å². The summed E-state index contributed by atoms with van der Waals surface area (Å²) in [5.41, 5.74) is 2.83. The molecule has 0 unspecified atom stereocenters. The predicted molar refractivity (Wildman–Crippen MR) is 83.7 cm³/mol. The van der Waals surface area contributed by atoms with E-state index in [0.29, 0.717) is 5.88 Å². The Morgan fingerprint density at radius 2 is 1.71 bits per heavy atom. The molecule has 0 N–H and O–H groups in total. The van der Waals surface area contributed by atoms with Crippen molar-refractivity contribution in [3.05, 3.63) is 48.3 Å². The molecule has 2 aromatic carbocycles. The number of hydrogen-bond acceptors (Lipinski definition) is 3. The third-order valence-corrected chi connectivity index (χ3v) is 3.58. The molecule has 0 saturated carbocycles. The summed E-state index contributed by atoms with van der Waals surface area (Å²) in [6.07, 6.45) is 0. The largest absolute Gasteiger partial charge is 0.497 e. The van der Waals surface area contributed by atoms with Crippen LogP contribution in [-0.2, 0) is 5.88 Å². The highest BCUT2D eigenvalue weighted by molar-refractivity contribution is 6.17. The maximum atomic E-state index is 6.05. The second-order valence-electron chi connectivity index (χ2n) is 4.56. The van der Waals surface area contributed by atoms with Crippen LogP contribution in [0.5, 0.6) is 11.5 Å². The number of methoxy groups -OCH3 is 2. The van der Waals surface area contributed by atoms with E-state index in [2.05, 4.69) is 4.98 Å². The fourth-order valence-electron chi connectivity index (χ4n) is 2.38. The van der Waals surface area contributed by atoms with Gasteiger partial charge in [0.15, 0.2) is 0 Å². The number of alkyl halides is 1. The second-order valence-corrected chi connectivity index (χ2v) is 4.82. The molecule has 0 fully saturated rings. The van der Waals surface area contributed by atoms with Gasteiger partial charge < -0.3 is 9.47 Å². The first-order chi connectivity index (χ1) is 10.3. The number of aromatic nitrogens is 2. The Balaban J connectivity index is 2.28. The topological polar surface area (TPSA) is 36.3 Å². The standard InChI is InChI=1S/C16H15ClN2O2/c1-20-12-7-11(8-13(9-12)21-2)19-15-6-4-3-5-14(15)18-16(19)10-17/h3-9H,10H2,1-2H3. The minimum Gasteiger partial charge on any atom is -0.497 e. The van der Waals surface area contributed by atoms with Crippen molar-refractivity contribution in [2.45, 2.75) is 5.88 Å². The van der Waals surface area contributed by atoms with Crippen LogP contribution in [0.3, 0.4) is 0 Å². The third-order valence-electron chi connectivity index (χ3n) is 3.34. The number of ether oxygens (including phenoxy) is 2. The lowest BCUT2D eigenvalue weighted by molar-refractivity contribution is 0.394. The summed E-state index contributed by atoms with van der Waals surface area (Å²) in [6, 6.07) is 13.6. The van der Waals surface area contributed by atoms with Gasteiger partial charge in [-0.1, -0.05) is 12.1 Å². The lowest BCUT2D eigenvalue weighted by atomic mass is 10.2. The molecule has 21 heavy (non-hydrogen) atoms. The van der Waals surface area contributed by atoms with E-state index >= 15 is 0 Å². The zero-order valence-electron chi connectivity index (χ0n) is 11.8. The molecule has 1 aromatic heterocycles. The first-order valence-corrected chi connectivity index (χ1v) is 7.06. The van der Waals surface area contributed by atoms with Crippen molar-refractivity contribution in [3.63, 3.8) is 0 Å². The van der Waals surface area contributed by atoms with E-state index in [0.717, 1.165) is 34.0 Å². The molecule has 0 aliphatic rings. The fourth-order valence-corrected chi connectivity index (χ4v) is 2.55. The minimum atomic E-state index is 0.328. The zero-order chi connectivity index (χ0) is 14.8. The molecule has 0 radical (unpaired) electrons. The number of halogens is 1. The van der Waals surface area contributed by atoms with Crippen molar-refractivity contribution >= 4 is 22.6 Å². The van der Waals surface area contributed by atoms with E-state index in [1.54, 1.807) is 14.2 Å². The number of nitrogens with zero attached hydrogens (tertiary/aromatic N) is 2. The molecular formula is C16H15ClN2O2. The maximum Gasteiger partial charge on any atom is 0.129 e. The normalized spacial score (nSPS) is 10.8. The molecule has 0 amide bonds. The first kappa shape index (κ1) is 13.8. The third kappa shape index (κ3) is 2.43. The number of benzene rings is 2. The quantitative estimate of drug-likeness (QED) is 0.688. The van der Waals surface area contributed by atoms with Crippen molar-refractivity contribution in [1.82, 2.24) is 9.55 Å². The smallest absolute Gasteiger partial charge is 0.129 e. The summed E-state index contributed by atoms with van der Waals surface area (Å²) >= 11 is 6.05. The van der Waals surface area contributed by atoms with Gasteiger partial charge in [0, 0.05) is 18.2 Å². The number of para-hydroxylation sites is 2. The average Bonchev–Trinajstić information content (AvgIpc) is 2.92. The number of hydrogen-bond donors (Lipinski definition) is 0. The number of rotatable bonds is 4. The predicted octanol–water partition coefficient (Wildman–Crippen LogP) is 3.78. The Bertz CT molecular complexity index is 761. The minimum absolute atomic E-state index is 0.328. The van der Waals surface area contributed by atoms with Crippen molar-refractivity contribution in [2.75, 3.05) is 14.2 Å². The molecular weight excluding hydrogens is 288 g/mol. The molecule has 0 spiro atoms. The van der Waals surface area contributed by atoms with Crippen LogP contribution in [0.25, 0.3) is 16.7 Å². The molecule has 108 valence electrons. The Labute approximate surface area is 127 Å². The zero-order valence-corrected chi connectivity index (χ0v) is 12.6. The molecule has 0 atom stereocenters. The van der Waals surface area contributed by atoms with Gasteiger partial charge in [0.05, 0.1) is 36.8 Å². The molecule has 5 heteroatoms. The molecule has 3 rings (SSSR count). The summed E-state index contributed by atoms with van der Waals surface area (Å²) in [7, 11) is 3.26. The van der Waals surface area contributed by atoms with Crippen LogP contribution in [-0.4, -0.2) is 23.8 Å². The van der Waals surface area contributed by atoms with Crippen molar-refractivity contribution in [3.8, 4) is 17.2 Å². The van der Waals surface area contributed by atoms with Crippen molar-refractivity contribution in [2.24, 2.45) is 0 Å². The number of imidazole rings is 1. The lowest BCUT2D eigenvalue weighted by Crippen LogP contribution is -2.00. The van der Waals surface area contributed by atoms with E-state index in [1.807, 2.05) is 47.0 Å². The lowest BCUT2D eigenvalue weighted by Gasteiger charge is -2.12. The van der Waals surface area contributed by atoms with Crippen LogP contribution in [0.15, 0.2) is 42.5 Å². The van der Waals surface area contributed by atoms with Gasteiger partial charge in [-0.05, 0) is 12.1 Å². The molecule has 0 bridgehead atoms. The maximum absolute atomic E-state index is 6.05. The highest BCUT2D eigenvalue weighted by Crippen LogP contribution is 2.29. The number of fused-ring (bicyclic) bond motifs is 1. The highest BCUT2D eigenvalue weighted by atomic mass is 35.5. The molecule has 4 nitrogen and oxygen atoms in total. The van der Waals surface area contributed by atoms with E-state index in [1.165, 1.54) is 0 Å². The van der Waals surface area contributed by atoms with E-state index in [-0.39, 0.29) is 0 Å². The van der Waals surface area contributed by atoms with Crippen LogP contribution in [0.4, 0.5) is 0 Å².